The van der Waals surface area contributed by atoms with Crippen molar-refractivity contribution in [1.82, 2.24) is 9.88 Å². The Bertz CT molecular complexity index is 1110. The van der Waals surface area contributed by atoms with Crippen molar-refractivity contribution in [2.24, 2.45) is 0 Å². The van der Waals surface area contributed by atoms with Crippen molar-refractivity contribution < 1.29 is 27.8 Å². The van der Waals surface area contributed by atoms with E-state index in [1.165, 1.54) is 18.3 Å². The number of hydrogen-bond donors (Lipinski definition) is 2. The lowest BCUT2D eigenvalue weighted by molar-refractivity contribution is -0.137. The third kappa shape index (κ3) is 4.62. The molecule has 3 aromatic rings. The summed E-state index contributed by atoms with van der Waals surface area (Å²) in [6.45, 7) is 2.60. The number of benzene rings is 2. The molecule has 0 saturated carbocycles. The topological polar surface area (TPSA) is 74.7 Å². The molecule has 2 heterocycles. The van der Waals surface area contributed by atoms with Gasteiger partial charge in [0.2, 0.25) is 5.91 Å². The van der Waals surface area contributed by atoms with Crippen molar-refractivity contribution in [2.45, 2.75) is 6.18 Å². The largest absolute Gasteiger partial charge is 0.504 e. The third-order valence-electron chi connectivity index (χ3n) is 5.13. The van der Waals surface area contributed by atoms with E-state index in [0.717, 1.165) is 12.1 Å². The fourth-order valence-electron chi connectivity index (χ4n) is 3.57. The van der Waals surface area contributed by atoms with Gasteiger partial charge < -0.3 is 15.2 Å². The summed E-state index contributed by atoms with van der Waals surface area (Å²) >= 11 is 0. The van der Waals surface area contributed by atoms with Crippen LogP contribution in [0.4, 0.5) is 18.9 Å². The van der Waals surface area contributed by atoms with Crippen LogP contribution < -0.4 is 5.32 Å². The molecule has 9 heteroatoms. The van der Waals surface area contributed by atoms with E-state index in [0.29, 0.717) is 42.8 Å². The number of morpholine rings is 1. The second-order valence-corrected chi connectivity index (χ2v) is 7.23. The van der Waals surface area contributed by atoms with E-state index >= 15 is 0 Å². The maximum absolute atomic E-state index is 13.1. The number of ether oxygens (including phenoxy) is 1. The second kappa shape index (κ2) is 8.52. The Hall–Kier alpha value is -3.17. The van der Waals surface area contributed by atoms with Gasteiger partial charge in [0.15, 0.2) is 5.75 Å². The van der Waals surface area contributed by atoms with E-state index < -0.39 is 11.7 Å². The van der Waals surface area contributed by atoms with Crippen LogP contribution in [0, 0.1) is 0 Å². The molecule has 0 unspecified atom stereocenters. The standard InChI is InChI=1S/C22H20F3N3O3/c23-22(24,25)15-3-1-2-14(12-15)16-6-7-26-20-17(16)4-5-18(21(20)30)27-19(29)13-28-8-10-31-11-9-28/h1-7,12,30H,8-11,13H2,(H,27,29). The lowest BCUT2D eigenvalue weighted by Gasteiger charge is -2.25. The normalized spacial score (nSPS) is 15.2. The molecule has 1 amide bonds. The Labute approximate surface area is 176 Å². The Kier molecular flexibility index (Phi) is 5.79. The summed E-state index contributed by atoms with van der Waals surface area (Å²) in [6.07, 6.45) is -3.05. The van der Waals surface area contributed by atoms with E-state index in [9.17, 15) is 23.1 Å². The number of pyridine rings is 1. The summed E-state index contributed by atoms with van der Waals surface area (Å²) in [7, 11) is 0. The fourth-order valence-corrected chi connectivity index (χ4v) is 3.57. The number of nitrogens with one attached hydrogen (secondary N) is 1. The lowest BCUT2D eigenvalue weighted by atomic mass is 9.99. The number of halogens is 3. The summed E-state index contributed by atoms with van der Waals surface area (Å²) in [5, 5.41) is 13.8. The van der Waals surface area contributed by atoms with Gasteiger partial charge >= 0.3 is 6.18 Å². The molecule has 1 saturated heterocycles. The minimum atomic E-state index is -4.46. The zero-order valence-electron chi connectivity index (χ0n) is 16.4. The smallest absolute Gasteiger partial charge is 0.416 e. The third-order valence-corrected chi connectivity index (χ3v) is 5.13. The van der Waals surface area contributed by atoms with Crippen molar-refractivity contribution in [1.29, 1.82) is 0 Å². The van der Waals surface area contributed by atoms with Crippen molar-refractivity contribution in [2.75, 3.05) is 38.2 Å². The summed E-state index contributed by atoms with van der Waals surface area (Å²) < 4.78 is 44.6. The highest BCUT2D eigenvalue weighted by Crippen LogP contribution is 2.38. The number of aromatic nitrogens is 1. The molecule has 31 heavy (non-hydrogen) atoms. The van der Waals surface area contributed by atoms with Gasteiger partial charge in [-0.1, -0.05) is 12.1 Å². The fraction of sp³-hybridized carbons (Fsp3) is 0.273. The lowest BCUT2D eigenvalue weighted by Crippen LogP contribution is -2.41. The number of hydrogen-bond acceptors (Lipinski definition) is 5. The minimum Gasteiger partial charge on any atom is -0.504 e. The summed E-state index contributed by atoms with van der Waals surface area (Å²) in [5.41, 5.74) is 0.480. The van der Waals surface area contributed by atoms with Gasteiger partial charge in [-0.3, -0.25) is 14.7 Å². The van der Waals surface area contributed by atoms with Crippen LogP contribution in [0.25, 0.3) is 22.0 Å². The second-order valence-electron chi connectivity index (χ2n) is 7.23. The van der Waals surface area contributed by atoms with Crippen molar-refractivity contribution in [3.05, 3.63) is 54.2 Å². The first-order chi connectivity index (χ1) is 14.8. The number of nitrogens with zero attached hydrogens (tertiary/aromatic N) is 2. The monoisotopic (exact) mass is 431 g/mol. The number of phenols is 1. The maximum Gasteiger partial charge on any atom is 0.416 e. The maximum atomic E-state index is 13.1. The number of carbonyl (C=O) groups excluding carboxylic acids is 1. The van der Waals surface area contributed by atoms with Crippen LogP contribution in [-0.2, 0) is 15.7 Å². The quantitative estimate of drug-likeness (QED) is 0.613. The highest BCUT2D eigenvalue weighted by Gasteiger charge is 2.30. The van der Waals surface area contributed by atoms with Gasteiger partial charge in [0, 0.05) is 24.7 Å². The molecule has 162 valence electrons. The first kappa shape index (κ1) is 21.1. The SMILES string of the molecule is O=C(CN1CCOCC1)Nc1ccc2c(-c3cccc(C(F)(F)F)c3)ccnc2c1O. The zero-order valence-corrected chi connectivity index (χ0v) is 16.4. The Morgan fingerprint density at radius 1 is 1.16 bits per heavy atom. The van der Waals surface area contributed by atoms with Gasteiger partial charge in [-0.15, -0.1) is 0 Å². The summed E-state index contributed by atoms with van der Waals surface area (Å²) in [6, 6.07) is 9.71. The summed E-state index contributed by atoms with van der Waals surface area (Å²) in [5.74, 6) is -0.521. The molecule has 2 N–H and O–H groups in total. The molecule has 4 rings (SSSR count). The molecular formula is C22H20F3N3O3. The summed E-state index contributed by atoms with van der Waals surface area (Å²) in [4.78, 5) is 18.5. The Morgan fingerprint density at radius 3 is 2.68 bits per heavy atom. The number of phenolic OH excluding ortho intramolecular Hbond substituents is 1. The predicted octanol–water partition coefficient (Wildman–Crippen LogP) is 3.90. The predicted molar refractivity (Wildman–Crippen MR) is 110 cm³/mol. The van der Waals surface area contributed by atoms with Gasteiger partial charge in [0.1, 0.15) is 5.52 Å². The van der Waals surface area contributed by atoms with Crippen LogP contribution in [0.3, 0.4) is 0 Å². The van der Waals surface area contributed by atoms with Gasteiger partial charge in [0.25, 0.3) is 0 Å². The Balaban J connectivity index is 1.63. The van der Waals surface area contributed by atoms with Crippen LogP contribution in [0.15, 0.2) is 48.7 Å². The number of fused-ring (bicyclic) bond motifs is 1. The van der Waals surface area contributed by atoms with Crippen LogP contribution in [0.1, 0.15) is 5.56 Å². The van der Waals surface area contributed by atoms with Crippen molar-refractivity contribution in [3.63, 3.8) is 0 Å². The van der Waals surface area contributed by atoms with Gasteiger partial charge in [0.05, 0.1) is 31.0 Å². The molecule has 0 bridgehead atoms. The molecule has 0 atom stereocenters. The molecule has 1 aromatic heterocycles. The minimum absolute atomic E-state index is 0.165. The highest BCUT2D eigenvalue weighted by atomic mass is 19.4. The number of rotatable bonds is 4. The van der Waals surface area contributed by atoms with Crippen molar-refractivity contribution in [3.8, 4) is 16.9 Å². The average Bonchev–Trinajstić information content (AvgIpc) is 2.75. The van der Waals surface area contributed by atoms with Gasteiger partial charge in [-0.2, -0.15) is 13.2 Å². The van der Waals surface area contributed by atoms with E-state index in [4.69, 9.17) is 4.74 Å². The molecule has 0 aliphatic carbocycles. The molecule has 1 fully saturated rings. The zero-order chi connectivity index (χ0) is 22.0. The van der Waals surface area contributed by atoms with Gasteiger partial charge in [-0.25, -0.2) is 0 Å². The van der Waals surface area contributed by atoms with Crippen LogP contribution in [0.2, 0.25) is 0 Å². The van der Waals surface area contributed by atoms with E-state index in [-0.39, 0.29) is 29.4 Å². The van der Waals surface area contributed by atoms with E-state index in [2.05, 4.69) is 10.3 Å². The molecule has 6 nitrogen and oxygen atoms in total. The number of alkyl halides is 3. The highest BCUT2D eigenvalue weighted by molar-refractivity contribution is 6.03. The Morgan fingerprint density at radius 2 is 1.94 bits per heavy atom. The molecule has 1 aliphatic heterocycles. The van der Waals surface area contributed by atoms with E-state index in [1.54, 1.807) is 18.2 Å². The molecular weight excluding hydrogens is 411 g/mol. The number of aromatic hydroxyl groups is 1. The average molecular weight is 431 g/mol. The van der Waals surface area contributed by atoms with Crippen LogP contribution in [-0.4, -0.2) is 53.7 Å². The molecule has 2 aromatic carbocycles. The first-order valence-electron chi connectivity index (χ1n) is 9.71. The van der Waals surface area contributed by atoms with Crippen molar-refractivity contribution >= 4 is 22.5 Å². The number of carbonyl (C=O) groups is 1. The first-order valence-corrected chi connectivity index (χ1v) is 9.71. The van der Waals surface area contributed by atoms with Crippen LogP contribution >= 0.6 is 0 Å². The molecule has 0 spiro atoms. The van der Waals surface area contributed by atoms with Crippen LogP contribution in [0.5, 0.6) is 5.75 Å². The number of anilines is 1. The number of amides is 1. The molecule has 0 radical (unpaired) electrons. The van der Waals surface area contributed by atoms with E-state index in [1.807, 2.05) is 4.90 Å². The molecule has 1 aliphatic rings. The van der Waals surface area contributed by atoms with Gasteiger partial charge in [-0.05, 0) is 41.5 Å².